The van der Waals surface area contributed by atoms with Crippen LogP contribution in [0.4, 0.5) is 17.6 Å². The summed E-state index contributed by atoms with van der Waals surface area (Å²) in [5.41, 5.74) is 0.412. The fourth-order valence-corrected chi connectivity index (χ4v) is 1.74. The van der Waals surface area contributed by atoms with Gasteiger partial charge in [0.1, 0.15) is 0 Å². The highest BCUT2D eigenvalue weighted by Gasteiger charge is 2.55. The molecule has 0 aliphatic heterocycles. The first-order valence-electron chi connectivity index (χ1n) is 5.40. The number of hydrogen-bond donors (Lipinski definition) is 1. The van der Waals surface area contributed by atoms with Crippen molar-refractivity contribution in [2.75, 3.05) is 0 Å². The van der Waals surface area contributed by atoms with Crippen LogP contribution in [0.2, 0.25) is 0 Å². The van der Waals surface area contributed by atoms with Gasteiger partial charge < -0.3 is 4.74 Å². The van der Waals surface area contributed by atoms with Crippen molar-refractivity contribution in [3.8, 4) is 0 Å². The number of rotatable bonds is 4. The van der Waals surface area contributed by atoms with Crippen LogP contribution in [-0.2, 0) is 11.3 Å². The SMILES string of the molecule is FC(F)(S)C(F)(F)OCc1cccc2ccccc12. The molecule has 0 aromatic heterocycles. The Balaban J connectivity index is 2.23. The largest absolute Gasteiger partial charge is 0.429 e. The van der Waals surface area contributed by atoms with Gasteiger partial charge in [-0.2, -0.15) is 17.6 Å². The van der Waals surface area contributed by atoms with Gasteiger partial charge in [0.05, 0.1) is 6.61 Å². The zero-order valence-electron chi connectivity index (χ0n) is 9.62. The monoisotopic (exact) mass is 290 g/mol. The first kappa shape index (κ1) is 14.1. The molecule has 1 nitrogen and oxygen atoms in total. The van der Waals surface area contributed by atoms with Gasteiger partial charge in [0.2, 0.25) is 0 Å². The lowest BCUT2D eigenvalue weighted by Gasteiger charge is -2.22. The third-order valence-corrected chi connectivity index (χ3v) is 2.90. The minimum absolute atomic E-state index is 0.412. The molecular formula is C13H10F4OS. The van der Waals surface area contributed by atoms with E-state index in [0.29, 0.717) is 10.9 Å². The molecule has 0 unspecified atom stereocenters. The quantitative estimate of drug-likeness (QED) is 0.645. The topological polar surface area (TPSA) is 9.23 Å². The molecular weight excluding hydrogens is 280 g/mol. The molecule has 2 aromatic carbocycles. The number of thiol groups is 1. The fraction of sp³-hybridized carbons (Fsp3) is 0.231. The number of benzene rings is 2. The molecule has 0 amide bonds. The Kier molecular flexibility index (Phi) is 3.73. The molecule has 0 aliphatic carbocycles. The molecule has 0 fully saturated rings. The van der Waals surface area contributed by atoms with E-state index in [0.717, 1.165) is 5.39 Å². The third-order valence-electron chi connectivity index (χ3n) is 2.64. The van der Waals surface area contributed by atoms with E-state index in [9.17, 15) is 17.6 Å². The van der Waals surface area contributed by atoms with E-state index in [2.05, 4.69) is 17.4 Å². The summed E-state index contributed by atoms with van der Waals surface area (Å²) in [6, 6.07) is 12.0. The molecule has 0 heterocycles. The van der Waals surface area contributed by atoms with Gasteiger partial charge in [0, 0.05) is 0 Å². The summed E-state index contributed by atoms with van der Waals surface area (Å²) in [5, 5.41) is -3.01. The first-order valence-corrected chi connectivity index (χ1v) is 5.84. The van der Waals surface area contributed by atoms with E-state index < -0.39 is 18.0 Å². The second kappa shape index (κ2) is 5.02. The van der Waals surface area contributed by atoms with Crippen molar-refractivity contribution in [2.45, 2.75) is 18.0 Å². The highest BCUT2D eigenvalue weighted by molar-refractivity contribution is 7.81. The lowest BCUT2D eigenvalue weighted by molar-refractivity contribution is -0.318. The summed E-state index contributed by atoms with van der Waals surface area (Å²) in [7, 11) is 0. The molecule has 2 rings (SSSR count). The number of alkyl halides is 4. The maximum atomic E-state index is 13.0. The Morgan fingerprint density at radius 1 is 0.947 bits per heavy atom. The van der Waals surface area contributed by atoms with E-state index in [1.54, 1.807) is 42.5 Å². The van der Waals surface area contributed by atoms with E-state index in [4.69, 9.17) is 0 Å². The van der Waals surface area contributed by atoms with Crippen LogP contribution in [0.25, 0.3) is 10.8 Å². The standard InChI is InChI=1S/C13H10F4OS/c14-12(15,13(16,17)19)18-8-10-6-3-5-9-4-1-2-7-11(9)10/h1-7,19H,8H2. The second-order valence-electron chi connectivity index (χ2n) is 3.98. The van der Waals surface area contributed by atoms with Crippen molar-refractivity contribution in [3.63, 3.8) is 0 Å². The van der Waals surface area contributed by atoms with Crippen LogP contribution < -0.4 is 0 Å². The second-order valence-corrected chi connectivity index (χ2v) is 4.55. The van der Waals surface area contributed by atoms with E-state index in [1.165, 1.54) is 0 Å². The van der Waals surface area contributed by atoms with E-state index in [1.807, 2.05) is 0 Å². The van der Waals surface area contributed by atoms with Crippen molar-refractivity contribution in [2.24, 2.45) is 0 Å². The average Bonchev–Trinajstić information content (AvgIpc) is 2.35. The zero-order chi connectivity index (χ0) is 14.1. The molecule has 0 atom stereocenters. The van der Waals surface area contributed by atoms with Gasteiger partial charge in [-0.05, 0) is 16.3 Å². The smallest absolute Gasteiger partial charge is 0.310 e. The normalized spacial score (nSPS) is 12.9. The van der Waals surface area contributed by atoms with Crippen LogP contribution in [-0.4, -0.2) is 11.4 Å². The highest BCUT2D eigenvalue weighted by atomic mass is 32.1. The minimum atomic E-state index is -4.62. The van der Waals surface area contributed by atoms with Crippen LogP contribution in [0, 0.1) is 0 Å². The summed E-state index contributed by atoms with van der Waals surface area (Å²) in [4.78, 5) is 0. The van der Waals surface area contributed by atoms with Gasteiger partial charge in [0.15, 0.2) is 0 Å². The summed E-state index contributed by atoms with van der Waals surface area (Å²) in [6.45, 7) is -0.621. The molecule has 102 valence electrons. The Morgan fingerprint density at radius 3 is 2.26 bits per heavy atom. The van der Waals surface area contributed by atoms with Crippen molar-refractivity contribution in [3.05, 3.63) is 48.0 Å². The molecule has 0 spiro atoms. The Labute approximate surface area is 112 Å². The van der Waals surface area contributed by atoms with Gasteiger partial charge in [0.25, 0.3) is 0 Å². The predicted molar refractivity (Wildman–Crippen MR) is 67.6 cm³/mol. The van der Waals surface area contributed by atoms with E-state index in [-0.39, 0.29) is 0 Å². The van der Waals surface area contributed by atoms with Crippen LogP contribution >= 0.6 is 12.6 Å². The molecule has 0 N–H and O–H groups in total. The van der Waals surface area contributed by atoms with Gasteiger partial charge in [-0.3, -0.25) is 0 Å². The van der Waals surface area contributed by atoms with Gasteiger partial charge in [-0.1, -0.05) is 55.1 Å². The van der Waals surface area contributed by atoms with Crippen LogP contribution in [0.3, 0.4) is 0 Å². The Bertz CT molecular complexity index is 575. The lowest BCUT2D eigenvalue weighted by atomic mass is 10.1. The number of halogens is 4. The number of ether oxygens (including phenoxy) is 1. The van der Waals surface area contributed by atoms with Gasteiger partial charge in [-0.25, -0.2) is 0 Å². The summed E-state index contributed by atoms with van der Waals surface area (Å²) in [6.07, 6.45) is -4.62. The Morgan fingerprint density at radius 2 is 1.58 bits per heavy atom. The molecule has 0 saturated heterocycles. The number of hydrogen-bond acceptors (Lipinski definition) is 2. The first-order chi connectivity index (χ1) is 8.81. The molecule has 0 aliphatic rings. The van der Waals surface area contributed by atoms with Crippen molar-refractivity contribution in [1.82, 2.24) is 0 Å². The van der Waals surface area contributed by atoms with Crippen molar-refractivity contribution >= 4 is 23.4 Å². The summed E-state index contributed by atoms with van der Waals surface area (Å²) < 4.78 is 55.0. The van der Waals surface area contributed by atoms with E-state index >= 15 is 0 Å². The highest BCUT2D eigenvalue weighted by Crippen LogP contribution is 2.39. The van der Waals surface area contributed by atoms with Crippen molar-refractivity contribution in [1.29, 1.82) is 0 Å². The molecule has 2 aromatic rings. The molecule has 0 saturated carbocycles. The molecule has 0 bridgehead atoms. The molecule has 0 radical (unpaired) electrons. The van der Waals surface area contributed by atoms with Crippen LogP contribution in [0.15, 0.2) is 42.5 Å². The lowest BCUT2D eigenvalue weighted by Crippen LogP contribution is -2.38. The van der Waals surface area contributed by atoms with Gasteiger partial charge >= 0.3 is 11.4 Å². The maximum Gasteiger partial charge on any atom is 0.429 e. The van der Waals surface area contributed by atoms with Crippen LogP contribution in [0.5, 0.6) is 0 Å². The molecule has 6 heteroatoms. The third kappa shape index (κ3) is 3.01. The summed E-state index contributed by atoms with van der Waals surface area (Å²) in [5.74, 6) is 0. The van der Waals surface area contributed by atoms with Gasteiger partial charge in [-0.15, -0.1) is 0 Å². The predicted octanol–water partition coefficient (Wildman–Crippen LogP) is 4.47. The van der Waals surface area contributed by atoms with Crippen molar-refractivity contribution < 1.29 is 22.3 Å². The average molecular weight is 290 g/mol. The fourth-order valence-electron chi connectivity index (χ4n) is 1.67. The van der Waals surface area contributed by atoms with Crippen LogP contribution in [0.1, 0.15) is 5.56 Å². The zero-order valence-corrected chi connectivity index (χ0v) is 10.5. The number of fused-ring (bicyclic) bond motifs is 1. The maximum absolute atomic E-state index is 13.0. The minimum Gasteiger partial charge on any atom is -0.310 e. The Hall–Kier alpha value is -1.27. The summed E-state index contributed by atoms with van der Waals surface area (Å²) >= 11 is 2.55. The molecule has 19 heavy (non-hydrogen) atoms.